The maximum Gasteiger partial charge on any atom is 0.313 e. The molecule has 6 heteroatoms. The summed E-state index contributed by atoms with van der Waals surface area (Å²) in [6.07, 6.45) is 2.93. The van der Waals surface area contributed by atoms with E-state index in [1.54, 1.807) is 6.33 Å². The van der Waals surface area contributed by atoms with E-state index < -0.39 is 5.97 Å². The summed E-state index contributed by atoms with van der Waals surface area (Å²) in [5, 5.41) is 17.0. The third-order valence-corrected chi connectivity index (χ3v) is 3.58. The Kier molecular flexibility index (Phi) is 2.95. The van der Waals surface area contributed by atoms with Crippen LogP contribution in [0.2, 0.25) is 0 Å². The predicted octanol–water partition coefficient (Wildman–Crippen LogP) is 1.11. The molecule has 1 fully saturated rings. The Morgan fingerprint density at radius 1 is 1.80 bits per heavy atom. The van der Waals surface area contributed by atoms with Crippen molar-refractivity contribution in [2.75, 3.05) is 5.75 Å². The molecule has 1 N–H and O–H groups in total. The Balaban J connectivity index is 1.92. The van der Waals surface area contributed by atoms with Gasteiger partial charge < -0.3 is 9.67 Å². The van der Waals surface area contributed by atoms with Gasteiger partial charge in [0.25, 0.3) is 0 Å². The molecule has 0 spiro atoms. The molecule has 0 radical (unpaired) electrons. The maximum absolute atomic E-state index is 10.4. The lowest BCUT2D eigenvalue weighted by atomic mass is 10.3. The van der Waals surface area contributed by atoms with Crippen molar-refractivity contribution in [1.82, 2.24) is 14.8 Å². The summed E-state index contributed by atoms with van der Waals surface area (Å²) in [7, 11) is 0. The summed E-state index contributed by atoms with van der Waals surface area (Å²) in [6.45, 7) is 3.13. The van der Waals surface area contributed by atoms with Crippen molar-refractivity contribution in [3.63, 3.8) is 0 Å². The molecule has 0 aromatic carbocycles. The number of carbonyl (C=O) groups is 1. The van der Waals surface area contributed by atoms with Crippen LogP contribution in [-0.4, -0.2) is 31.6 Å². The zero-order valence-corrected chi connectivity index (χ0v) is 9.28. The van der Waals surface area contributed by atoms with E-state index in [2.05, 4.69) is 17.1 Å². The lowest BCUT2D eigenvalue weighted by Gasteiger charge is -2.03. The molecular formula is C9H13N3O2S. The van der Waals surface area contributed by atoms with Crippen molar-refractivity contribution < 1.29 is 9.90 Å². The minimum atomic E-state index is -0.825. The molecule has 1 aliphatic rings. The average Bonchev–Trinajstić information content (AvgIpc) is 2.71. The molecule has 15 heavy (non-hydrogen) atoms. The smallest absolute Gasteiger partial charge is 0.313 e. The molecule has 5 nitrogen and oxygen atoms in total. The van der Waals surface area contributed by atoms with Crippen LogP contribution < -0.4 is 0 Å². The second kappa shape index (κ2) is 4.22. The Morgan fingerprint density at radius 2 is 2.53 bits per heavy atom. The number of aromatic nitrogens is 3. The SMILES string of the molecule is CC1CC1Cn1cnnc1SCC(=O)O. The fourth-order valence-electron chi connectivity index (χ4n) is 1.51. The van der Waals surface area contributed by atoms with Gasteiger partial charge in [-0.25, -0.2) is 0 Å². The molecule has 0 bridgehead atoms. The molecule has 1 aromatic rings. The highest BCUT2D eigenvalue weighted by molar-refractivity contribution is 7.99. The Hall–Kier alpha value is -1.04. The number of hydrogen-bond acceptors (Lipinski definition) is 4. The third-order valence-electron chi connectivity index (χ3n) is 2.61. The van der Waals surface area contributed by atoms with Crippen LogP contribution in [-0.2, 0) is 11.3 Å². The highest BCUT2D eigenvalue weighted by Crippen LogP contribution is 2.39. The Morgan fingerprint density at radius 3 is 3.13 bits per heavy atom. The fourth-order valence-corrected chi connectivity index (χ4v) is 2.16. The quantitative estimate of drug-likeness (QED) is 0.763. The van der Waals surface area contributed by atoms with Crippen LogP contribution in [0.3, 0.4) is 0 Å². The van der Waals surface area contributed by atoms with Gasteiger partial charge in [-0.15, -0.1) is 10.2 Å². The second-order valence-corrected chi connectivity index (χ2v) is 4.86. The fraction of sp³-hybridized carbons (Fsp3) is 0.667. The summed E-state index contributed by atoms with van der Waals surface area (Å²) in [6, 6.07) is 0. The van der Waals surface area contributed by atoms with E-state index in [0.29, 0.717) is 11.1 Å². The molecule has 0 amide bonds. The van der Waals surface area contributed by atoms with Crippen molar-refractivity contribution in [2.24, 2.45) is 11.8 Å². The van der Waals surface area contributed by atoms with E-state index in [4.69, 9.17) is 5.11 Å². The first-order valence-electron chi connectivity index (χ1n) is 4.89. The molecule has 0 aliphatic heterocycles. The monoisotopic (exact) mass is 227 g/mol. The molecule has 0 saturated heterocycles. The minimum absolute atomic E-state index is 0.0406. The molecular weight excluding hydrogens is 214 g/mol. The van der Waals surface area contributed by atoms with Crippen LogP contribution >= 0.6 is 11.8 Å². The van der Waals surface area contributed by atoms with Crippen LogP contribution in [0.4, 0.5) is 0 Å². The van der Waals surface area contributed by atoms with Crippen molar-refractivity contribution in [3.8, 4) is 0 Å². The number of carboxylic acids is 1. The summed E-state index contributed by atoms with van der Waals surface area (Å²) in [4.78, 5) is 10.4. The van der Waals surface area contributed by atoms with Gasteiger partial charge in [-0.05, 0) is 18.3 Å². The van der Waals surface area contributed by atoms with Gasteiger partial charge in [0.1, 0.15) is 6.33 Å². The zero-order chi connectivity index (χ0) is 10.8. The highest BCUT2D eigenvalue weighted by Gasteiger charge is 2.33. The van der Waals surface area contributed by atoms with Crippen molar-refractivity contribution in [3.05, 3.63) is 6.33 Å². The lowest BCUT2D eigenvalue weighted by molar-refractivity contribution is -0.133. The second-order valence-electron chi connectivity index (χ2n) is 3.92. The van der Waals surface area contributed by atoms with E-state index in [-0.39, 0.29) is 5.75 Å². The minimum Gasteiger partial charge on any atom is -0.481 e. The third kappa shape index (κ3) is 2.71. The summed E-state index contributed by atoms with van der Waals surface area (Å²) in [5.41, 5.74) is 0. The van der Waals surface area contributed by atoms with E-state index in [9.17, 15) is 4.79 Å². The van der Waals surface area contributed by atoms with Crippen LogP contribution in [0.15, 0.2) is 11.5 Å². The maximum atomic E-state index is 10.4. The molecule has 2 rings (SSSR count). The van der Waals surface area contributed by atoms with Gasteiger partial charge in [0.2, 0.25) is 0 Å². The summed E-state index contributed by atoms with van der Waals surface area (Å²) < 4.78 is 1.95. The molecule has 1 heterocycles. The van der Waals surface area contributed by atoms with Gasteiger partial charge in [-0.3, -0.25) is 4.79 Å². The predicted molar refractivity (Wildman–Crippen MR) is 55.7 cm³/mol. The van der Waals surface area contributed by atoms with Gasteiger partial charge in [-0.1, -0.05) is 18.7 Å². The molecule has 1 saturated carbocycles. The van der Waals surface area contributed by atoms with Gasteiger partial charge >= 0.3 is 5.97 Å². The van der Waals surface area contributed by atoms with E-state index in [0.717, 1.165) is 12.5 Å². The van der Waals surface area contributed by atoms with E-state index in [1.807, 2.05) is 4.57 Å². The molecule has 2 atom stereocenters. The largest absolute Gasteiger partial charge is 0.481 e. The number of thioether (sulfide) groups is 1. The average molecular weight is 227 g/mol. The number of nitrogens with zero attached hydrogens (tertiary/aromatic N) is 3. The lowest BCUT2D eigenvalue weighted by Crippen LogP contribution is -2.04. The van der Waals surface area contributed by atoms with Gasteiger partial charge in [-0.2, -0.15) is 0 Å². The van der Waals surface area contributed by atoms with E-state index in [1.165, 1.54) is 18.2 Å². The molecule has 2 unspecified atom stereocenters. The number of aliphatic carboxylic acids is 1. The van der Waals surface area contributed by atoms with Crippen LogP contribution in [0, 0.1) is 11.8 Å². The van der Waals surface area contributed by atoms with Crippen molar-refractivity contribution in [1.29, 1.82) is 0 Å². The number of carboxylic acid groups (broad SMARTS) is 1. The van der Waals surface area contributed by atoms with E-state index >= 15 is 0 Å². The number of rotatable bonds is 5. The Bertz CT molecular complexity index is 366. The van der Waals surface area contributed by atoms with Crippen LogP contribution in [0.25, 0.3) is 0 Å². The van der Waals surface area contributed by atoms with Crippen molar-refractivity contribution in [2.45, 2.75) is 25.0 Å². The molecule has 1 aromatic heterocycles. The topological polar surface area (TPSA) is 68.0 Å². The zero-order valence-electron chi connectivity index (χ0n) is 8.46. The first kappa shape index (κ1) is 10.5. The highest BCUT2D eigenvalue weighted by atomic mass is 32.2. The first-order valence-corrected chi connectivity index (χ1v) is 5.87. The number of hydrogen-bond donors (Lipinski definition) is 1. The molecule has 1 aliphatic carbocycles. The van der Waals surface area contributed by atoms with Gasteiger partial charge in [0.05, 0.1) is 5.75 Å². The first-order chi connectivity index (χ1) is 7.16. The van der Waals surface area contributed by atoms with Crippen LogP contribution in [0.1, 0.15) is 13.3 Å². The van der Waals surface area contributed by atoms with Crippen molar-refractivity contribution >= 4 is 17.7 Å². The summed E-state index contributed by atoms with van der Waals surface area (Å²) >= 11 is 1.22. The normalized spacial score (nSPS) is 24.1. The molecule has 82 valence electrons. The van der Waals surface area contributed by atoms with Crippen LogP contribution in [0.5, 0.6) is 0 Å². The van der Waals surface area contributed by atoms with Gasteiger partial charge in [0.15, 0.2) is 5.16 Å². The Labute approximate surface area is 91.9 Å². The standard InChI is InChI=1S/C9H13N3O2S/c1-6-2-7(6)3-12-5-10-11-9(12)15-4-8(13)14/h5-7H,2-4H2,1H3,(H,13,14). The van der Waals surface area contributed by atoms with Gasteiger partial charge in [0, 0.05) is 6.54 Å². The summed E-state index contributed by atoms with van der Waals surface area (Å²) in [5.74, 6) is 0.711.